The average molecular weight is 537 g/mol. The van der Waals surface area contributed by atoms with Gasteiger partial charge in [-0.3, -0.25) is 9.59 Å². The molecule has 1 amide bonds. The van der Waals surface area contributed by atoms with Crippen LogP contribution >= 0.6 is 0 Å². The van der Waals surface area contributed by atoms with Gasteiger partial charge in [0.1, 0.15) is 17.3 Å². The van der Waals surface area contributed by atoms with Crippen molar-refractivity contribution in [1.82, 2.24) is 9.80 Å². The third kappa shape index (κ3) is 7.41. The molecule has 212 valence electrons. The Kier molecular flexibility index (Phi) is 11.0. The molecule has 1 saturated heterocycles. The Bertz CT molecular complexity index is 1150. The normalized spacial score (nSPS) is 16.9. The molecule has 1 fully saturated rings. The SMILES string of the molecule is CCCCCOc1ccc(C2/C(=C(\O)c3ccc(OC(C)C)c(C)c3)C(=O)C(=O)N2CCN(CC)CC)cc1. The van der Waals surface area contributed by atoms with E-state index in [1.54, 1.807) is 23.1 Å². The van der Waals surface area contributed by atoms with Crippen molar-refractivity contribution in [3.05, 3.63) is 64.7 Å². The van der Waals surface area contributed by atoms with Crippen LogP contribution in [0.1, 0.15) is 76.6 Å². The van der Waals surface area contributed by atoms with E-state index in [9.17, 15) is 14.7 Å². The number of ether oxygens (including phenoxy) is 2. The molecule has 2 aromatic rings. The molecule has 0 aliphatic carbocycles. The Morgan fingerprint density at radius 1 is 1.03 bits per heavy atom. The van der Waals surface area contributed by atoms with Crippen LogP contribution in [-0.2, 0) is 9.59 Å². The summed E-state index contributed by atoms with van der Waals surface area (Å²) in [6.07, 6.45) is 3.24. The minimum atomic E-state index is -0.693. The van der Waals surface area contributed by atoms with Crippen LogP contribution in [0.25, 0.3) is 5.76 Å². The highest BCUT2D eigenvalue weighted by atomic mass is 16.5. The first-order valence-electron chi connectivity index (χ1n) is 14.2. The molecule has 0 aromatic heterocycles. The van der Waals surface area contributed by atoms with Gasteiger partial charge in [-0.25, -0.2) is 0 Å². The lowest BCUT2D eigenvalue weighted by Crippen LogP contribution is -2.38. The minimum Gasteiger partial charge on any atom is -0.507 e. The number of unbranched alkanes of at least 4 members (excludes halogenated alkanes) is 2. The summed E-state index contributed by atoms with van der Waals surface area (Å²) in [5.41, 5.74) is 2.18. The molecule has 39 heavy (non-hydrogen) atoms. The molecule has 2 aromatic carbocycles. The molecular formula is C32H44N2O5. The van der Waals surface area contributed by atoms with Gasteiger partial charge in [0.25, 0.3) is 11.7 Å². The molecule has 0 bridgehead atoms. The van der Waals surface area contributed by atoms with E-state index in [2.05, 4.69) is 25.7 Å². The van der Waals surface area contributed by atoms with Crippen LogP contribution < -0.4 is 9.47 Å². The zero-order valence-electron chi connectivity index (χ0n) is 24.3. The van der Waals surface area contributed by atoms with Crippen LogP contribution in [0.2, 0.25) is 0 Å². The number of rotatable bonds is 14. The Morgan fingerprint density at radius 2 is 1.72 bits per heavy atom. The van der Waals surface area contributed by atoms with Crippen molar-refractivity contribution in [2.45, 2.75) is 73.0 Å². The number of hydrogen-bond acceptors (Lipinski definition) is 6. The first kappa shape index (κ1) is 30.2. The number of likely N-dealkylation sites (tertiary alicyclic amines) is 1. The van der Waals surface area contributed by atoms with Crippen LogP contribution in [0.5, 0.6) is 11.5 Å². The molecule has 1 aliphatic rings. The summed E-state index contributed by atoms with van der Waals surface area (Å²) < 4.78 is 11.7. The van der Waals surface area contributed by atoms with Crippen LogP contribution in [0.4, 0.5) is 0 Å². The first-order valence-corrected chi connectivity index (χ1v) is 14.2. The van der Waals surface area contributed by atoms with Crippen molar-refractivity contribution in [2.75, 3.05) is 32.8 Å². The number of carbonyl (C=O) groups excluding carboxylic acids is 2. The Hall–Kier alpha value is -3.32. The number of nitrogens with zero attached hydrogens (tertiary/aromatic N) is 2. The van der Waals surface area contributed by atoms with E-state index in [1.807, 2.05) is 45.0 Å². The minimum absolute atomic E-state index is 0.0119. The van der Waals surface area contributed by atoms with Crippen LogP contribution in [-0.4, -0.2) is 65.5 Å². The van der Waals surface area contributed by atoms with Crippen molar-refractivity contribution < 1.29 is 24.2 Å². The average Bonchev–Trinajstić information content (AvgIpc) is 3.17. The van der Waals surface area contributed by atoms with Crippen molar-refractivity contribution in [2.24, 2.45) is 0 Å². The predicted molar refractivity (Wildman–Crippen MR) is 155 cm³/mol. The topological polar surface area (TPSA) is 79.3 Å². The van der Waals surface area contributed by atoms with Gasteiger partial charge < -0.3 is 24.4 Å². The van der Waals surface area contributed by atoms with Crippen molar-refractivity contribution in [1.29, 1.82) is 0 Å². The number of hydrogen-bond donors (Lipinski definition) is 1. The Morgan fingerprint density at radius 3 is 2.31 bits per heavy atom. The van der Waals surface area contributed by atoms with Crippen molar-refractivity contribution in [3.63, 3.8) is 0 Å². The molecule has 1 unspecified atom stereocenters. The summed E-state index contributed by atoms with van der Waals surface area (Å²) in [6, 6.07) is 12.1. The van der Waals surface area contributed by atoms with Gasteiger partial charge in [0.15, 0.2) is 0 Å². The highest BCUT2D eigenvalue weighted by molar-refractivity contribution is 6.46. The third-order valence-corrected chi connectivity index (χ3v) is 7.12. The number of carbonyl (C=O) groups is 2. The van der Waals surface area contributed by atoms with Crippen LogP contribution in [0.15, 0.2) is 48.0 Å². The number of aliphatic hydroxyl groups excluding tert-OH is 1. The maximum absolute atomic E-state index is 13.4. The number of ketones is 1. The summed E-state index contributed by atoms with van der Waals surface area (Å²) in [5, 5.41) is 11.5. The third-order valence-electron chi connectivity index (χ3n) is 7.12. The summed E-state index contributed by atoms with van der Waals surface area (Å²) in [7, 11) is 0. The molecule has 1 N–H and O–H groups in total. The molecular weight excluding hydrogens is 492 g/mol. The number of amides is 1. The summed E-state index contributed by atoms with van der Waals surface area (Å²) in [6.45, 7) is 15.5. The van der Waals surface area contributed by atoms with Gasteiger partial charge in [-0.2, -0.15) is 0 Å². The van der Waals surface area contributed by atoms with Gasteiger partial charge in [-0.15, -0.1) is 0 Å². The van der Waals surface area contributed by atoms with Crippen molar-refractivity contribution in [3.8, 4) is 11.5 Å². The van der Waals surface area contributed by atoms with Gasteiger partial charge in [0.2, 0.25) is 0 Å². The highest BCUT2D eigenvalue weighted by Gasteiger charge is 2.46. The van der Waals surface area contributed by atoms with E-state index >= 15 is 0 Å². The van der Waals surface area contributed by atoms with E-state index in [0.29, 0.717) is 31.0 Å². The smallest absolute Gasteiger partial charge is 0.295 e. The van der Waals surface area contributed by atoms with Gasteiger partial charge in [-0.1, -0.05) is 45.7 Å². The largest absolute Gasteiger partial charge is 0.507 e. The van der Waals surface area contributed by atoms with E-state index < -0.39 is 17.7 Å². The summed E-state index contributed by atoms with van der Waals surface area (Å²) in [5.74, 6) is 0.0172. The lowest BCUT2D eigenvalue weighted by atomic mass is 9.94. The lowest BCUT2D eigenvalue weighted by Gasteiger charge is -2.28. The van der Waals surface area contributed by atoms with Gasteiger partial charge >= 0.3 is 0 Å². The zero-order chi connectivity index (χ0) is 28.5. The van der Waals surface area contributed by atoms with E-state index in [0.717, 1.165) is 49.2 Å². The maximum atomic E-state index is 13.4. The summed E-state index contributed by atoms with van der Waals surface area (Å²) >= 11 is 0. The predicted octanol–water partition coefficient (Wildman–Crippen LogP) is 6.11. The van der Waals surface area contributed by atoms with Gasteiger partial charge in [-0.05, 0) is 81.7 Å². The molecule has 0 saturated carbocycles. The monoisotopic (exact) mass is 536 g/mol. The second kappa shape index (κ2) is 14.2. The molecule has 1 aliphatic heterocycles. The van der Waals surface area contributed by atoms with Gasteiger partial charge in [0.05, 0.1) is 24.3 Å². The standard InChI is InChI=1S/C32H44N2O5/c1-7-10-11-20-38-26-15-12-24(13-16-26)29-28(31(36)32(37)34(29)19-18-33(8-2)9-3)30(35)25-14-17-27(23(6)21-25)39-22(4)5/h12-17,21-22,29,35H,7-11,18-20H2,1-6H3/b30-28+. The van der Waals surface area contributed by atoms with E-state index in [4.69, 9.17) is 9.47 Å². The molecule has 3 rings (SSSR count). The second-order valence-corrected chi connectivity index (χ2v) is 10.3. The summed E-state index contributed by atoms with van der Waals surface area (Å²) in [4.78, 5) is 30.5. The van der Waals surface area contributed by atoms with Gasteiger partial charge in [0, 0.05) is 18.7 Å². The number of benzene rings is 2. The lowest BCUT2D eigenvalue weighted by molar-refractivity contribution is -0.140. The molecule has 1 heterocycles. The molecule has 1 atom stereocenters. The molecule has 0 spiro atoms. The number of aryl methyl sites for hydroxylation is 1. The first-order chi connectivity index (χ1) is 18.7. The van der Waals surface area contributed by atoms with Crippen molar-refractivity contribution >= 4 is 17.4 Å². The van der Waals surface area contributed by atoms with Crippen LogP contribution in [0.3, 0.4) is 0 Å². The molecule has 7 nitrogen and oxygen atoms in total. The maximum Gasteiger partial charge on any atom is 0.295 e. The fourth-order valence-electron chi connectivity index (χ4n) is 4.87. The molecule has 0 radical (unpaired) electrons. The van der Waals surface area contributed by atoms with Crippen LogP contribution in [0, 0.1) is 6.92 Å². The number of likely N-dealkylation sites (N-methyl/N-ethyl adjacent to an activating group) is 1. The van der Waals surface area contributed by atoms with E-state index in [1.165, 1.54) is 0 Å². The Labute approximate surface area is 233 Å². The fraction of sp³-hybridized carbons (Fsp3) is 0.500. The molecule has 7 heteroatoms. The quantitative estimate of drug-likeness (QED) is 0.136. The zero-order valence-corrected chi connectivity index (χ0v) is 24.3. The second-order valence-electron chi connectivity index (χ2n) is 10.3. The number of Topliss-reactive ketones (excluding diaryl/α,β-unsaturated/α-hetero) is 1. The van der Waals surface area contributed by atoms with E-state index in [-0.39, 0.29) is 17.4 Å². The highest BCUT2D eigenvalue weighted by Crippen LogP contribution is 2.40. The Balaban J connectivity index is 2.01. The fourth-order valence-corrected chi connectivity index (χ4v) is 4.87. The number of aliphatic hydroxyl groups is 1.